The average Bonchev–Trinajstić information content (AvgIpc) is 2.76. The Morgan fingerprint density at radius 2 is 2.53 bits per heavy atom. The first-order valence-electron chi connectivity index (χ1n) is 5.36. The van der Waals surface area contributed by atoms with E-state index in [1.165, 1.54) is 22.3 Å². The number of halogens is 1. The first kappa shape index (κ1) is 11.6. The third kappa shape index (κ3) is 3.03. The van der Waals surface area contributed by atoms with Crippen molar-refractivity contribution < 1.29 is 0 Å². The zero-order valence-electron chi connectivity index (χ0n) is 8.95. The van der Waals surface area contributed by atoms with Crippen LogP contribution in [0.5, 0.6) is 0 Å². The van der Waals surface area contributed by atoms with Crippen LogP contribution in [-0.2, 0) is 6.54 Å². The lowest BCUT2D eigenvalue weighted by Crippen LogP contribution is -2.29. The topological polar surface area (TPSA) is 29.3 Å². The molecular weight excluding hydrogens is 272 g/mol. The van der Waals surface area contributed by atoms with E-state index < -0.39 is 0 Å². The molecule has 0 saturated carbocycles. The van der Waals surface area contributed by atoms with Crippen LogP contribution >= 0.6 is 27.3 Å². The third-order valence-corrected chi connectivity index (χ3v) is 4.63. The van der Waals surface area contributed by atoms with Gasteiger partial charge >= 0.3 is 0 Å². The van der Waals surface area contributed by atoms with Gasteiger partial charge in [0.25, 0.3) is 0 Å². The van der Waals surface area contributed by atoms with Crippen LogP contribution in [0.4, 0.5) is 0 Å². The standard InChI is InChI=1S/C11H17BrN2S/c1-8(13)10-2-3-14(6-10)5-9-4-11(12)15-7-9/h4,7-8,10H,2-3,5-6,13H2,1H3. The minimum Gasteiger partial charge on any atom is -0.328 e. The molecule has 0 aliphatic carbocycles. The maximum absolute atomic E-state index is 5.93. The largest absolute Gasteiger partial charge is 0.328 e. The predicted molar refractivity (Wildman–Crippen MR) is 69.1 cm³/mol. The van der Waals surface area contributed by atoms with E-state index in [0.29, 0.717) is 12.0 Å². The van der Waals surface area contributed by atoms with Crippen molar-refractivity contribution >= 4 is 27.3 Å². The van der Waals surface area contributed by atoms with Crippen LogP contribution in [0.15, 0.2) is 15.2 Å². The lowest BCUT2D eigenvalue weighted by atomic mass is 10.0. The summed E-state index contributed by atoms with van der Waals surface area (Å²) in [6, 6.07) is 2.55. The third-order valence-electron chi connectivity index (χ3n) is 3.08. The highest BCUT2D eigenvalue weighted by Crippen LogP contribution is 2.25. The smallest absolute Gasteiger partial charge is 0.0701 e. The van der Waals surface area contributed by atoms with Crippen molar-refractivity contribution in [1.29, 1.82) is 0 Å². The monoisotopic (exact) mass is 288 g/mol. The van der Waals surface area contributed by atoms with E-state index >= 15 is 0 Å². The highest BCUT2D eigenvalue weighted by atomic mass is 79.9. The molecule has 84 valence electrons. The Kier molecular flexibility index (Phi) is 3.83. The maximum Gasteiger partial charge on any atom is 0.0701 e. The molecule has 1 aliphatic rings. The van der Waals surface area contributed by atoms with Gasteiger partial charge in [0, 0.05) is 19.1 Å². The maximum atomic E-state index is 5.93. The van der Waals surface area contributed by atoms with Crippen molar-refractivity contribution in [2.75, 3.05) is 13.1 Å². The Morgan fingerprint density at radius 1 is 1.73 bits per heavy atom. The number of nitrogens with two attached hydrogens (primary N) is 1. The van der Waals surface area contributed by atoms with Crippen molar-refractivity contribution in [2.24, 2.45) is 11.7 Å². The second-order valence-corrected chi connectivity index (χ2v) is 6.69. The summed E-state index contributed by atoms with van der Waals surface area (Å²) in [6.07, 6.45) is 1.25. The Balaban J connectivity index is 1.87. The number of rotatable bonds is 3. The van der Waals surface area contributed by atoms with Gasteiger partial charge in [-0.15, -0.1) is 11.3 Å². The van der Waals surface area contributed by atoms with Crippen LogP contribution in [0.2, 0.25) is 0 Å². The molecule has 1 aliphatic heterocycles. The summed E-state index contributed by atoms with van der Waals surface area (Å²) >= 11 is 5.26. The van der Waals surface area contributed by atoms with E-state index in [0.717, 1.165) is 13.1 Å². The lowest BCUT2D eigenvalue weighted by Gasteiger charge is -2.17. The van der Waals surface area contributed by atoms with Gasteiger partial charge in [0.05, 0.1) is 3.79 Å². The van der Waals surface area contributed by atoms with E-state index in [-0.39, 0.29) is 0 Å². The number of likely N-dealkylation sites (tertiary alicyclic amines) is 1. The molecule has 2 unspecified atom stereocenters. The molecule has 2 heterocycles. The van der Waals surface area contributed by atoms with Crippen LogP contribution in [-0.4, -0.2) is 24.0 Å². The number of hydrogen-bond donors (Lipinski definition) is 1. The summed E-state index contributed by atoms with van der Waals surface area (Å²) in [4.78, 5) is 2.50. The molecule has 0 bridgehead atoms. The van der Waals surface area contributed by atoms with Gasteiger partial charge in [0.2, 0.25) is 0 Å². The number of nitrogens with zero attached hydrogens (tertiary/aromatic N) is 1. The average molecular weight is 289 g/mol. The summed E-state index contributed by atoms with van der Waals surface area (Å²) in [6.45, 7) is 5.55. The Hall–Kier alpha value is 0.100. The van der Waals surface area contributed by atoms with E-state index in [1.807, 2.05) is 0 Å². The van der Waals surface area contributed by atoms with E-state index in [9.17, 15) is 0 Å². The first-order valence-corrected chi connectivity index (χ1v) is 7.03. The molecule has 2 rings (SSSR count). The van der Waals surface area contributed by atoms with Gasteiger partial charge in [-0.05, 0) is 58.7 Å². The fourth-order valence-electron chi connectivity index (χ4n) is 2.12. The fraction of sp³-hybridized carbons (Fsp3) is 0.636. The lowest BCUT2D eigenvalue weighted by molar-refractivity contribution is 0.309. The summed E-state index contributed by atoms with van der Waals surface area (Å²) in [5.41, 5.74) is 7.34. The molecule has 1 saturated heterocycles. The number of thiophene rings is 1. The number of hydrogen-bond acceptors (Lipinski definition) is 3. The van der Waals surface area contributed by atoms with Crippen molar-refractivity contribution in [1.82, 2.24) is 4.90 Å². The fourth-order valence-corrected chi connectivity index (χ4v) is 3.32. The summed E-state index contributed by atoms with van der Waals surface area (Å²) in [7, 11) is 0. The summed E-state index contributed by atoms with van der Waals surface area (Å²) in [5.74, 6) is 0.687. The Morgan fingerprint density at radius 3 is 3.07 bits per heavy atom. The Labute approximate surface area is 104 Å². The molecular formula is C11H17BrN2S. The molecule has 1 fully saturated rings. The van der Waals surface area contributed by atoms with Crippen LogP contribution < -0.4 is 5.73 Å². The second-order valence-electron chi connectivity index (χ2n) is 4.40. The van der Waals surface area contributed by atoms with Gasteiger partial charge in [-0.1, -0.05) is 0 Å². The van der Waals surface area contributed by atoms with Gasteiger partial charge in [-0.25, -0.2) is 0 Å². The molecule has 1 aromatic heterocycles. The Bertz CT molecular complexity index is 324. The molecule has 0 amide bonds. The van der Waals surface area contributed by atoms with E-state index in [2.05, 4.69) is 39.2 Å². The summed E-state index contributed by atoms with van der Waals surface area (Å²) in [5, 5.41) is 2.23. The molecule has 0 spiro atoms. The first-order chi connectivity index (χ1) is 7.15. The van der Waals surface area contributed by atoms with Crippen LogP contribution in [0.1, 0.15) is 18.9 Å². The minimum absolute atomic E-state index is 0.337. The van der Waals surface area contributed by atoms with E-state index in [1.54, 1.807) is 11.3 Å². The summed E-state index contributed by atoms with van der Waals surface area (Å²) < 4.78 is 1.22. The zero-order valence-corrected chi connectivity index (χ0v) is 11.4. The highest BCUT2D eigenvalue weighted by molar-refractivity contribution is 9.11. The normalized spacial score (nSPS) is 24.6. The van der Waals surface area contributed by atoms with Crippen LogP contribution in [0.3, 0.4) is 0 Å². The van der Waals surface area contributed by atoms with Gasteiger partial charge in [-0.3, -0.25) is 4.90 Å². The van der Waals surface area contributed by atoms with Crippen molar-refractivity contribution in [2.45, 2.75) is 25.9 Å². The molecule has 0 aromatic carbocycles. The quantitative estimate of drug-likeness (QED) is 0.927. The molecule has 2 atom stereocenters. The molecule has 1 aromatic rings. The molecule has 15 heavy (non-hydrogen) atoms. The van der Waals surface area contributed by atoms with Gasteiger partial charge in [-0.2, -0.15) is 0 Å². The van der Waals surface area contributed by atoms with Crippen molar-refractivity contribution in [3.05, 3.63) is 20.8 Å². The van der Waals surface area contributed by atoms with Gasteiger partial charge < -0.3 is 5.73 Å². The van der Waals surface area contributed by atoms with E-state index in [4.69, 9.17) is 5.73 Å². The second kappa shape index (κ2) is 4.95. The minimum atomic E-state index is 0.337. The molecule has 0 radical (unpaired) electrons. The van der Waals surface area contributed by atoms with Gasteiger partial charge in [0.15, 0.2) is 0 Å². The predicted octanol–water partition coefficient (Wildman–Crippen LogP) is 2.68. The molecule has 4 heteroatoms. The SMILES string of the molecule is CC(N)C1CCN(Cc2csc(Br)c2)C1. The zero-order chi connectivity index (χ0) is 10.8. The van der Waals surface area contributed by atoms with Crippen molar-refractivity contribution in [3.63, 3.8) is 0 Å². The molecule has 2 nitrogen and oxygen atoms in total. The van der Waals surface area contributed by atoms with Crippen LogP contribution in [0.25, 0.3) is 0 Å². The molecule has 2 N–H and O–H groups in total. The van der Waals surface area contributed by atoms with Crippen LogP contribution in [0, 0.1) is 5.92 Å². The van der Waals surface area contributed by atoms with Gasteiger partial charge in [0.1, 0.15) is 0 Å². The van der Waals surface area contributed by atoms with Crippen molar-refractivity contribution in [3.8, 4) is 0 Å². The highest BCUT2D eigenvalue weighted by Gasteiger charge is 2.24.